The van der Waals surface area contributed by atoms with Crippen molar-refractivity contribution < 1.29 is 24.0 Å². The lowest BCUT2D eigenvalue weighted by atomic mass is 10.1. The summed E-state index contributed by atoms with van der Waals surface area (Å²) in [5, 5.41) is 21.3. The van der Waals surface area contributed by atoms with Gasteiger partial charge in [0.25, 0.3) is 0 Å². The molecule has 2 aromatic rings. The van der Waals surface area contributed by atoms with E-state index in [4.69, 9.17) is 9.15 Å². The molecule has 1 aromatic carbocycles. The van der Waals surface area contributed by atoms with Crippen LogP contribution in [0.25, 0.3) is 17.4 Å². The van der Waals surface area contributed by atoms with Crippen molar-refractivity contribution in [3.63, 3.8) is 0 Å². The number of carboxylic acid groups (broad SMARTS) is 1. The van der Waals surface area contributed by atoms with Gasteiger partial charge in [-0.25, -0.2) is 0 Å². The van der Waals surface area contributed by atoms with Gasteiger partial charge < -0.3 is 19.1 Å². The van der Waals surface area contributed by atoms with Crippen LogP contribution < -0.4 is 9.84 Å². The Balaban J connectivity index is 2.36. The van der Waals surface area contributed by atoms with Gasteiger partial charge in [0.05, 0.1) is 18.0 Å². The Morgan fingerprint density at radius 2 is 2.10 bits per heavy atom. The molecule has 0 N–H and O–H groups in total. The van der Waals surface area contributed by atoms with Gasteiger partial charge in [-0.1, -0.05) is 0 Å². The maximum Gasteiger partial charge on any atom is 0.311 e. The minimum Gasteiger partial charge on any atom is -0.545 e. The standard InChI is InChI=1S/C14H11NO6/c1-20-13-5-2-9(8-11(13)15(18)19)12-6-3-10(21-12)4-7-14(16)17/h2-8H,1H3,(H,16,17)/p-1/b7-4+. The molecule has 0 amide bonds. The Morgan fingerprint density at radius 1 is 1.33 bits per heavy atom. The number of ether oxygens (including phenoxy) is 1. The monoisotopic (exact) mass is 288 g/mol. The third-order valence-electron chi connectivity index (χ3n) is 2.67. The van der Waals surface area contributed by atoms with E-state index in [1.165, 1.54) is 25.3 Å². The van der Waals surface area contributed by atoms with Crippen molar-refractivity contribution in [3.05, 3.63) is 52.3 Å². The van der Waals surface area contributed by atoms with Crippen LogP contribution in [0.4, 0.5) is 5.69 Å². The summed E-state index contributed by atoms with van der Waals surface area (Å²) >= 11 is 0. The second kappa shape index (κ2) is 5.91. The quantitative estimate of drug-likeness (QED) is 0.470. The molecule has 0 saturated carbocycles. The van der Waals surface area contributed by atoms with Gasteiger partial charge in [-0.15, -0.1) is 0 Å². The van der Waals surface area contributed by atoms with Crippen molar-refractivity contribution in [3.8, 4) is 17.1 Å². The molecular weight excluding hydrogens is 278 g/mol. The van der Waals surface area contributed by atoms with Gasteiger partial charge in [0, 0.05) is 11.6 Å². The lowest BCUT2D eigenvalue weighted by Gasteiger charge is -2.03. The van der Waals surface area contributed by atoms with Gasteiger partial charge in [0.15, 0.2) is 5.75 Å². The number of rotatable bonds is 5. The Labute approximate surface area is 119 Å². The van der Waals surface area contributed by atoms with Gasteiger partial charge >= 0.3 is 5.69 Å². The van der Waals surface area contributed by atoms with Crippen LogP contribution in [0.2, 0.25) is 0 Å². The Morgan fingerprint density at radius 3 is 2.71 bits per heavy atom. The van der Waals surface area contributed by atoms with Crippen molar-refractivity contribution in [1.82, 2.24) is 0 Å². The Kier molecular flexibility index (Phi) is 4.03. The fraction of sp³-hybridized carbons (Fsp3) is 0.0714. The van der Waals surface area contributed by atoms with E-state index in [0.717, 1.165) is 6.08 Å². The predicted molar refractivity (Wildman–Crippen MR) is 71.4 cm³/mol. The molecule has 0 spiro atoms. The summed E-state index contributed by atoms with van der Waals surface area (Å²) in [5.41, 5.74) is 0.300. The molecule has 0 aliphatic carbocycles. The minimum absolute atomic E-state index is 0.146. The van der Waals surface area contributed by atoms with Crippen molar-refractivity contribution in [2.45, 2.75) is 0 Å². The molecule has 108 valence electrons. The van der Waals surface area contributed by atoms with Crippen LogP contribution in [0.3, 0.4) is 0 Å². The van der Waals surface area contributed by atoms with Gasteiger partial charge in [-0.3, -0.25) is 10.1 Å². The van der Waals surface area contributed by atoms with Crippen molar-refractivity contribution in [2.75, 3.05) is 7.11 Å². The third-order valence-corrected chi connectivity index (χ3v) is 2.67. The molecule has 0 radical (unpaired) electrons. The molecule has 0 aliphatic heterocycles. The van der Waals surface area contributed by atoms with E-state index >= 15 is 0 Å². The first-order valence-corrected chi connectivity index (χ1v) is 5.83. The van der Waals surface area contributed by atoms with Crippen molar-refractivity contribution in [1.29, 1.82) is 0 Å². The van der Waals surface area contributed by atoms with Crippen LogP contribution in [-0.2, 0) is 4.79 Å². The van der Waals surface area contributed by atoms with Crippen LogP contribution in [-0.4, -0.2) is 18.0 Å². The second-order valence-electron chi connectivity index (χ2n) is 4.00. The van der Waals surface area contributed by atoms with Crippen molar-refractivity contribution >= 4 is 17.7 Å². The Hall–Kier alpha value is -3.09. The lowest BCUT2D eigenvalue weighted by molar-refractivity contribution is -0.385. The fourth-order valence-electron chi connectivity index (χ4n) is 1.73. The first-order valence-electron chi connectivity index (χ1n) is 5.83. The van der Waals surface area contributed by atoms with Crippen LogP contribution >= 0.6 is 0 Å². The molecule has 21 heavy (non-hydrogen) atoms. The summed E-state index contributed by atoms with van der Waals surface area (Å²) < 4.78 is 10.3. The van der Waals surface area contributed by atoms with E-state index in [9.17, 15) is 20.0 Å². The molecule has 0 fully saturated rings. The van der Waals surface area contributed by atoms with Crippen LogP contribution in [0.15, 0.2) is 40.8 Å². The van der Waals surface area contributed by atoms with E-state index in [0.29, 0.717) is 17.1 Å². The number of carboxylic acids is 1. The lowest BCUT2D eigenvalue weighted by Crippen LogP contribution is -2.18. The van der Waals surface area contributed by atoms with Gasteiger partial charge in [-0.05, 0) is 36.4 Å². The average molecular weight is 288 g/mol. The normalized spacial score (nSPS) is 10.7. The first-order chi connectivity index (χ1) is 10.0. The molecule has 0 bridgehead atoms. The zero-order valence-electron chi connectivity index (χ0n) is 10.9. The molecule has 0 saturated heterocycles. The van der Waals surface area contributed by atoms with Gasteiger partial charge in [-0.2, -0.15) is 0 Å². The van der Waals surface area contributed by atoms with Gasteiger partial charge in [0.1, 0.15) is 11.5 Å². The third kappa shape index (κ3) is 3.27. The summed E-state index contributed by atoms with van der Waals surface area (Å²) in [7, 11) is 1.34. The van der Waals surface area contributed by atoms with E-state index in [1.807, 2.05) is 0 Å². The highest BCUT2D eigenvalue weighted by molar-refractivity contribution is 5.83. The van der Waals surface area contributed by atoms with E-state index in [1.54, 1.807) is 18.2 Å². The maximum absolute atomic E-state index is 11.0. The summed E-state index contributed by atoms with van der Waals surface area (Å²) in [5.74, 6) is -0.521. The number of furan rings is 1. The zero-order chi connectivity index (χ0) is 15.4. The van der Waals surface area contributed by atoms with E-state index in [2.05, 4.69) is 0 Å². The average Bonchev–Trinajstić information content (AvgIpc) is 2.93. The first kappa shape index (κ1) is 14.3. The molecule has 0 aliphatic rings. The molecule has 2 rings (SSSR count). The van der Waals surface area contributed by atoms with Crippen LogP contribution in [0, 0.1) is 10.1 Å². The van der Waals surface area contributed by atoms with Gasteiger partial charge in [0.2, 0.25) is 0 Å². The summed E-state index contributed by atoms with van der Waals surface area (Å²) in [6.45, 7) is 0. The number of carbonyl (C=O) groups excluding carboxylic acids is 1. The highest BCUT2D eigenvalue weighted by atomic mass is 16.6. The number of benzene rings is 1. The van der Waals surface area contributed by atoms with E-state index in [-0.39, 0.29) is 11.4 Å². The summed E-state index contributed by atoms with van der Waals surface area (Å²) in [6.07, 6.45) is 2.07. The highest BCUT2D eigenvalue weighted by Crippen LogP contribution is 2.32. The smallest absolute Gasteiger partial charge is 0.311 e. The fourth-order valence-corrected chi connectivity index (χ4v) is 1.73. The second-order valence-corrected chi connectivity index (χ2v) is 4.00. The van der Waals surface area contributed by atoms with Crippen LogP contribution in [0.5, 0.6) is 5.75 Å². The number of carbonyl (C=O) groups is 1. The molecule has 1 aromatic heterocycles. The summed E-state index contributed by atoms with van der Waals surface area (Å²) in [4.78, 5) is 20.7. The minimum atomic E-state index is -1.34. The molecule has 1 heterocycles. The molecular formula is C14H10NO6-. The molecule has 0 unspecified atom stereocenters. The SMILES string of the molecule is COc1ccc(-c2ccc(/C=C/C(=O)[O-])o2)cc1[N+](=O)[O-]. The largest absolute Gasteiger partial charge is 0.545 e. The zero-order valence-corrected chi connectivity index (χ0v) is 10.9. The molecule has 7 heteroatoms. The van der Waals surface area contributed by atoms with Crippen molar-refractivity contribution in [2.24, 2.45) is 0 Å². The molecule has 0 atom stereocenters. The number of hydrogen-bond acceptors (Lipinski definition) is 6. The molecule has 7 nitrogen and oxygen atoms in total. The summed E-state index contributed by atoms with van der Waals surface area (Å²) in [6, 6.07) is 7.53. The number of nitro benzene ring substituents is 1. The van der Waals surface area contributed by atoms with E-state index < -0.39 is 10.9 Å². The van der Waals surface area contributed by atoms with Crippen LogP contribution in [0.1, 0.15) is 5.76 Å². The maximum atomic E-state index is 11.0. The number of nitrogens with zero attached hydrogens (tertiary/aromatic N) is 1. The number of hydrogen-bond donors (Lipinski definition) is 0. The highest BCUT2D eigenvalue weighted by Gasteiger charge is 2.16. The number of nitro groups is 1. The topological polar surface area (TPSA) is 106 Å². The Bertz CT molecular complexity index is 716. The number of methoxy groups -OCH3 is 1. The number of aliphatic carboxylic acids is 1. The predicted octanol–water partition coefficient (Wildman–Crippen LogP) is 1.63.